The Labute approximate surface area is 149 Å². The van der Waals surface area contributed by atoms with Crippen LogP contribution >= 0.6 is 30.9 Å². The Morgan fingerprint density at radius 1 is 1.13 bits per heavy atom. The van der Waals surface area contributed by atoms with Crippen molar-refractivity contribution in [3.8, 4) is 0 Å². The van der Waals surface area contributed by atoms with Gasteiger partial charge in [-0.1, -0.05) is 19.3 Å². The molecule has 1 unspecified atom stereocenters. The summed E-state index contributed by atoms with van der Waals surface area (Å²) in [5, 5.41) is 0. The number of alkyl halides is 2. The number of nitrogens with zero attached hydrogens (tertiary/aromatic N) is 2. The Balaban J connectivity index is 0.000000313. The van der Waals surface area contributed by atoms with Gasteiger partial charge in [0.1, 0.15) is 0 Å². The molecule has 138 valence electrons. The van der Waals surface area contributed by atoms with Gasteiger partial charge in [-0.2, -0.15) is 0 Å². The van der Waals surface area contributed by atoms with Crippen molar-refractivity contribution in [1.82, 2.24) is 9.34 Å². The molecule has 0 aromatic rings. The minimum Gasteiger partial charge on any atom is -0.379 e. The molecule has 0 aromatic heterocycles. The molecule has 3 N–H and O–H groups in total. The van der Waals surface area contributed by atoms with Crippen LogP contribution in [0.3, 0.4) is 0 Å². The molecule has 0 aromatic carbocycles. The average Bonchev–Trinajstić information content (AvgIpc) is 2.57. The summed E-state index contributed by atoms with van der Waals surface area (Å²) in [6, 6.07) is 0.536. The molecule has 1 saturated carbocycles. The van der Waals surface area contributed by atoms with Crippen LogP contribution in [-0.2, 0) is 9.30 Å². The molecule has 2 rings (SSSR count). The van der Waals surface area contributed by atoms with E-state index < -0.39 is 7.67 Å². The van der Waals surface area contributed by atoms with Crippen molar-refractivity contribution >= 4 is 30.9 Å². The van der Waals surface area contributed by atoms with E-state index in [-0.39, 0.29) is 0 Å². The van der Waals surface area contributed by atoms with Crippen molar-refractivity contribution in [1.29, 1.82) is 0 Å². The van der Waals surface area contributed by atoms with Gasteiger partial charge in [0.2, 0.25) is 0 Å². The van der Waals surface area contributed by atoms with Gasteiger partial charge in [-0.05, 0) is 12.8 Å². The predicted octanol–water partition coefficient (Wildman–Crippen LogP) is 2.48. The SMILES string of the molecule is NC1CCCCC1.O=P(O)(N(CCCl)CCCl)N1CCOCC1. The second-order valence-electron chi connectivity index (χ2n) is 5.81. The lowest BCUT2D eigenvalue weighted by Crippen LogP contribution is -2.40. The van der Waals surface area contributed by atoms with Crippen LogP contribution in [-0.4, -0.2) is 71.4 Å². The first-order chi connectivity index (χ1) is 11.0. The lowest BCUT2D eigenvalue weighted by molar-refractivity contribution is 0.0629. The highest BCUT2D eigenvalue weighted by Crippen LogP contribution is 2.48. The largest absolute Gasteiger partial charge is 0.379 e. The van der Waals surface area contributed by atoms with Gasteiger partial charge in [-0.15, -0.1) is 23.2 Å². The fourth-order valence-electron chi connectivity index (χ4n) is 2.69. The van der Waals surface area contributed by atoms with Gasteiger partial charge in [0.15, 0.2) is 0 Å². The summed E-state index contributed by atoms with van der Waals surface area (Å²) in [7, 11) is -3.49. The van der Waals surface area contributed by atoms with E-state index >= 15 is 0 Å². The highest BCUT2D eigenvalue weighted by molar-refractivity contribution is 7.52. The van der Waals surface area contributed by atoms with Gasteiger partial charge < -0.3 is 15.4 Å². The number of rotatable bonds is 6. The van der Waals surface area contributed by atoms with Crippen LogP contribution < -0.4 is 5.73 Å². The maximum Gasteiger partial charge on any atom is 0.343 e. The summed E-state index contributed by atoms with van der Waals surface area (Å²) in [6.07, 6.45) is 6.66. The summed E-state index contributed by atoms with van der Waals surface area (Å²) in [5.41, 5.74) is 5.63. The zero-order valence-corrected chi connectivity index (χ0v) is 16.1. The summed E-state index contributed by atoms with van der Waals surface area (Å²) in [6.45, 7) is 2.63. The number of ether oxygens (including phenoxy) is 1. The Bertz CT molecular complexity index is 348. The first-order valence-corrected chi connectivity index (χ1v) is 10.9. The van der Waals surface area contributed by atoms with Gasteiger partial charge in [-0.3, -0.25) is 4.57 Å². The summed E-state index contributed by atoms with van der Waals surface area (Å²) < 4.78 is 20.4. The minimum atomic E-state index is -3.49. The van der Waals surface area contributed by atoms with E-state index in [9.17, 15) is 9.46 Å². The maximum atomic E-state index is 12.3. The normalized spacial score (nSPS) is 23.2. The third kappa shape index (κ3) is 8.02. The first kappa shape index (κ1) is 21.7. The maximum absolute atomic E-state index is 12.3. The summed E-state index contributed by atoms with van der Waals surface area (Å²) >= 11 is 11.2. The average molecular weight is 390 g/mol. The molecular weight excluding hydrogens is 360 g/mol. The zero-order valence-electron chi connectivity index (χ0n) is 13.7. The molecule has 1 aliphatic heterocycles. The summed E-state index contributed by atoms with van der Waals surface area (Å²) in [5.74, 6) is 0.623. The van der Waals surface area contributed by atoms with Crippen molar-refractivity contribution in [2.45, 2.75) is 38.1 Å². The Morgan fingerprint density at radius 3 is 2.04 bits per heavy atom. The predicted molar refractivity (Wildman–Crippen MR) is 96.3 cm³/mol. The molecule has 1 saturated heterocycles. The van der Waals surface area contributed by atoms with Crippen LogP contribution in [0.1, 0.15) is 32.1 Å². The smallest absolute Gasteiger partial charge is 0.343 e. The van der Waals surface area contributed by atoms with Gasteiger partial charge in [0, 0.05) is 44.0 Å². The number of morpholine rings is 1. The molecule has 23 heavy (non-hydrogen) atoms. The standard InChI is InChI=1S/C8H17Cl2N2O3P.C6H13N/c9-1-3-11(4-2-10)16(13,14)12-5-7-15-8-6-12;7-6-4-2-1-3-5-6/h1-8H2,(H,13,14);6H,1-5,7H2. The molecule has 0 amide bonds. The number of halogens is 2. The highest BCUT2D eigenvalue weighted by atomic mass is 35.5. The molecule has 2 aliphatic rings. The molecule has 0 spiro atoms. The van der Waals surface area contributed by atoms with Crippen molar-refractivity contribution in [3.05, 3.63) is 0 Å². The van der Waals surface area contributed by atoms with Crippen LogP contribution in [0, 0.1) is 0 Å². The molecule has 0 radical (unpaired) electrons. The molecule has 1 heterocycles. The topological polar surface area (TPSA) is 79.0 Å². The molecule has 6 nitrogen and oxygen atoms in total. The van der Waals surface area contributed by atoms with Gasteiger partial charge >= 0.3 is 7.67 Å². The lowest BCUT2D eigenvalue weighted by atomic mass is 9.97. The van der Waals surface area contributed by atoms with Crippen LogP contribution in [0.15, 0.2) is 0 Å². The first-order valence-electron chi connectivity index (χ1n) is 8.31. The molecule has 1 aliphatic carbocycles. The zero-order chi connectivity index (χ0) is 17.1. The van der Waals surface area contributed by atoms with Crippen molar-refractivity contribution in [2.75, 3.05) is 51.2 Å². The van der Waals surface area contributed by atoms with Gasteiger partial charge in [-0.25, -0.2) is 9.34 Å². The minimum absolute atomic E-state index is 0.311. The fraction of sp³-hybridized carbons (Fsp3) is 1.00. The van der Waals surface area contributed by atoms with E-state index in [2.05, 4.69) is 0 Å². The van der Waals surface area contributed by atoms with Crippen LogP contribution in [0.25, 0.3) is 0 Å². The quantitative estimate of drug-likeness (QED) is 0.536. The second kappa shape index (κ2) is 12.0. The van der Waals surface area contributed by atoms with Gasteiger partial charge in [0.05, 0.1) is 13.2 Å². The Morgan fingerprint density at radius 2 is 1.65 bits per heavy atom. The number of nitrogens with two attached hydrogens (primary N) is 1. The molecule has 9 heteroatoms. The van der Waals surface area contributed by atoms with Gasteiger partial charge in [0.25, 0.3) is 0 Å². The third-order valence-electron chi connectivity index (χ3n) is 4.06. The molecular formula is C14H30Cl2N3O3P. The van der Waals surface area contributed by atoms with E-state index in [1.54, 1.807) is 4.67 Å². The Kier molecular flexibility index (Phi) is 11.3. The molecule has 1 atom stereocenters. The van der Waals surface area contributed by atoms with Crippen molar-refractivity contribution in [2.24, 2.45) is 5.73 Å². The van der Waals surface area contributed by atoms with Crippen LogP contribution in [0.2, 0.25) is 0 Å². The number of hydrogen-bond donors (Lipinski definition) is 2. The van der Waals surface area contributed by atoms with E-state index in [0.29, 0.717) is 57.2 Å². The van der Waals surface area contributed by atoms with Crippen LogP contribution in [0.5, 0.6) is 0 Å². The number of hydrogen-bond acceptors (Lipinski definition) is 3. The Hall–Kier alpha value is 0.610. The molecule has 0 bridgehead atoms. The van der Waals surface area contributed by atoms with Crippen molar-refractivity contribution < 1.29 is 14.2 Å². The van der Waals surface area contributed by atoms with Crippen molar-refractivity contribution in [3.63, 3.8) is 0 Å². The van der Waals surface area contributed by atoms with E-state index in [1.165, 1.54) is 36.8 Å². The van der Waals surface area contributed by atoms with E-state index in [1.807, 2.05) is 0 Å². The van der Waals surface area contributed by atoms with E-state index in [0.717, 1.165) is 0 Å². The van der Waals surface area contributed by atoms with E-state index in [4.69, 9.17) is 33.7 Å². The summed E-state index contributed by atoms with van der Waals surface area (Å²) in [4.78, 5) is 10.1. The molecule has 2 fully saturated rings. The second-order valence-corrected chi connectivity index (χ2v) is 8.72. The fourth-order valence-corrected chi connectivity index (χ4v) is 5.10. The third-order valence-corrected chi connectivity index (χ3v) is 6.67. The van der Waals surface area contributed by atoms with Crippen LogP contribution in [0.4, 0.5) is 0 Å². The highest BCUT2D eigenvalue weighted by Gasteiger charge is 2.35. The lowest BCUT2D eigenvalue weighted by Gasteiger charge is -2.36. The monoisotopic (exact) mass is 389 g/mol.